The Morgan fingerprint density at radius 1 is 1.60 bits per heavy atom. The molecule has 0 bridgehead atoms. The summed E-state index contributed by atoms with van der Waals surface area (Å²) in [5, 5.41) is 3.13. The zero-order valence-electron chi connectivity index (χ0n) is 9.33. The number of rotatable bonds is 4. The summed E-state index contributed by atoms with van der Waals surface area (Å²) in [4.78, 5) is 14.0. The van der Waals surface area contributed by atoms with E-state index in [1.165, 1.54) is 12.8 Å². The van der Waals surface area contributed by atoms with Gasteiger partial charge in [0.15, 0.2) is 0 Å². The topological polar surface area (TPSA) is 32.3 Å². The van der Waals surface area contributed by atoms with Gasteiger partial charge in [-0.15, -0.1) is 0 Å². The Morgan fingerprint density at radius 2 is 2.33 bits per heavy atom. The summed E-state index contributed by atoms with van der Waals surface area (Å²) in [7, 11) is 2.10. The van der Waals surface area contributed by atoms with Crippen molar-refractivity contribution in [3.05, 3.63) is 0 Å². The van der Waals surface area contributed by atoms with Gasteiger partial charge < -0.3 is 10.2 Å². The second-order valence-corrected chi connectivity index (χ2v) is 5.47. The highest BCUT2D eigenvalue weighted by Crippen LogP contribution is 2.49. The molecule has 0 aromatic carbocycles. The van der Waals surface area contributed by atoms with Crippen LogP contribution in [0, 0.1) is 5.41 Å². The van der Waals surface area contributed by atoms with Crippen LogP contribution in [0.15, 0.2) is 0 Å². The van der Waals surface area contributed by atoms with Crippen LogP contribution in [0.5, 0.6) is 0 Å². The quantitative estimate of drug-likeness (QED) is 0.701. The lowest BCUT2D eigenvalue weighted by Gasteiger charge is -2.16. The molecule has 1 saturated carbocycles. The summed E-state index contributed by atoms with van der Waals surface area (Å²) in [5.74, 6) is 1.08. The van der Waals surface area contributed by atoms with E-state index in [2.05, 4.69) is 29.9 Å². The third-order valence-corrected chi connectivity index (χ3v) is 4.26. The lowest BCUT2D eigenvalue weighted by Crippen LogP contribution is -2.37. The first-order chi connectivity index (χ1) is 7.13. The van der Waals surface area contributed by atoms with Crippen molar-refractivity contribution in [2.75, 3.05) is 25.9 Å². The van der Waals surface area contributed by atoms with Gasteiger partial charge in [0.2, 0.25) is 5.91 Å². The Kier molecular flexibility index (Phi) is 3.26. The number of hydrogen-bond donors (Lipinski definition) is 2. The van der Waals surface area contributed by atoms with Crippen LogP contribution < -0.4 is 5.32 Å². The fourth-order valence-electron chi connectivity index (χ4n) is 2.24. The van der Waals surface area contributed by atoms with Gasteiger partial charge in [0, 0.05) is 19.0 Å². The van der Waals surface area contributed by atoms with Gasteiger partial charge in [-0.05, 0) is 44.0 Å². The van der Waals surface area contributed by atoms with Crippen LogP contribution >= 0.6 is 12.6 Å². The molecule has 4 heteroatoms. The normalized spacial score (nSPS) is 29.1. The van der Waals surface area contributed by atoms with E-state index in [0.29, 0.717) is 12.5 Å². The second kappa shape index (κ2) is 4.34. The van der Waals surface area contributed by atoms with Gasteiger partial charge in [0.25, 0.3) is 0 Å². The Hall–Kier alpha value is -0.220. The van der Waals surface area contributed by atoms with Gasteiger partial charge >= 0.3 is 0 Å². The van der Waals surface area contributed by atoms with E-state index in [9.17, 15) is 4.79 Å². The number of thiol groups is 1. The van der Waals surface area contributed by atoms with E-state index >= 15 is 0 Å². The molecule has 1 heterocycles. The Morgan fingerprint density at radius 3 is 2.80 bits per heavy atom. The maximum atomic E-state index is 11.8. The molecule has 2 fully saturated rings. The fraction of sp³-hybridized carbons (Fsp3) is 0.909. The van der Waals surface area contributed by atoms with Crippen LogP contribution in [0.2, 0.25) is 0 Å². The van der Waals surface area contributed by atoms with E-state index in [1.807, 2.05) is 0 Å². The van der Waals surface area contributed by atoms with E-state index < -0.39 is 0 Å². The third-order valence-electron chi connectivity index (χ3n) is 3.58. The summed E-state index contributed by atoms with van der Waals surface area (Å²) in [5.41, 5.74) is 0.248. The molecular weight excluding hydrogens is 208 g/mol. The molecule has 3 nitrogen and oxygen atoms in total. The van der Waals surface area contributed by atoms with Crippen molar-refractivity contribution in [3.8, 4) is 0 Å². The molecule has 1 aliphatic carbocycles. The summed E-state index contributed by atoms with van der Waals surface area (Å²) >= 11 is 4.31. The first-order valence-electron chi connectivity index (χ1n) is 5.72. The molecule has 1 N–H and O–H groups in total. The largest absolute Gasteiger partial charge is 0.352 e. The highest BCUT2D eigenvalue weighted by molar-refractivity contribution is 7.80. The minimum atomic E-state index is 0.224. The molecule has 86 valence electrons. The number of nitrogens with one attached hydrogen (secondary N) is 1. The van der Waals surface area contributed by atoms with Crippen molar-refractivity contribution in [1.29, 1.82) is 0 Å². The number of likely N-dealkylation sites (N-methyl/N-ethyl adjacent to an activating group) is 1. The second-order valence-electron chi connectivity index (χ2n) is 5.15. The number of carbonyl (C=O) groups is 1. The summed E-state index contributed by atoms with van der Waals surface area (Å²) in [6, 6.07) is 0.373. The first kappa shape index (κ1) is 11.3. The number of hydrogen-bond acceptors (Lipinski definition) is 3. The fourth-order valence-corrected chi connectivity index (χ4v) is 2.67. The molecular formula is C11H20N2OS. The molecule has 1 atom stereocenters. The molecule has 15 heavy (non-hydrogen) atoms. The summed E-state index contributed by atoms with van der Waals surface area (Å²) in [6.45, 7) is 2.10. The van der Waals surface area contributed by atoms with Gasteiger partial charge in [-0.2, -0.15) is 12.6 Å². The molecule has 0 aromatic heterocycles. The average molecular weight is 228 g/mol. The minimum Gasteiger partial charge on any atom is -0.352 e. The highest BCUT2D eigenvalue weighted by atomic mass is 32.1. The van der Waals surface area contributed by atoms with E-state index in [-0.39, 0.29) is 11.3 Å². The van der Waals surface area contributed by atoms with Crippen molar-refractivity contribution < 1.29 is 4.79 Å². The van der Waals surface area contributed by atoms with Gasteiger partial charge in [-0.1, -0.05) is 0 Å². The standard InChI is InChI=1S/C11H20N2OS/c1-13-5-2-9(7-13)12-10(14)6-11(8-15)3-4-11/h9,15H,2-8H2,1H3,(H,12,14). The predicted molar refractivity (Wildman–Crippen MR) is 64.2 cm³/mol. The van der Waals surface area contributed by atoms with Crippen LogP contribution in [0.1, 0.15) is 25.7 Å². The average Bonchev–Trinajstić information content (AvgIpc) is 2.84. The number of nitrogens with zero attached hydrogens (tertiary/aromatic N) is 1. The van der Waals surface area contributed by atoms with Gasteiger partial charge in [0.05, 0.1) is 0 Å². The first-order valence-corrected chi connectivity index (χ1v) is 6.36. The molecule has 0 radical (unpaired) electrons. The predicted octanol–water partition coefficient (Wildman–Crippen LogP) is 0.907. The van der Waals surface area contributed by atoms with Crippen molar-refractivity contribution in [3.63, 3.8) is 0 Å². The molecule has 1 aliphatic heterocycles. The number of likely N-dealkylation sites (tertiary alicyclic amines) is 1. The zero-order valence-corrected chi connectivity index (χ0v) is 10.2. The molecule has 1 unspecified atom stereocenters. The minimum absolute atomic E-state index is 0.224. The van der Waals surface area contributed by atoms with Gasteiger partial charge in [-0.3, -0.25) is 4.79 Å². The molecule has 2 aliphatic rings. The smallest absolute Gasteiger partial charge is 0.220 e. The number of carbonyl (C=O) groups excluding carboxylic acids is 1. The van der Waals surface area contributed by atoms with Crippen LogP contribution in [-0.4, -0.2) is 42.7 Å². The van der Waals surface area contributed by atoms with Crippen LogP contribution in [-0.2, 0) is 4.79 Å². The van der Waals surface area contributed by atoms with Crippen LogP contribution in [0.4, 0.5) is 0 Å². The molecule has 1 saturated heterocycles. The maximum Gasteiger partial charge on any atom is 0.220 e. The number of amides is 1. The van der Waals surface area contributed by atoms with Gasteiger partial charge in [-0.25, -0.2) is 0 Å². The van der Waals surface area contributed by atoms with Crippen molar-refractivity contribution in [2.45, 2.75) is 31.7 Å². The Balaban J connectivity index is 1.73. The highest BCUT2D eigenvalue weighted by Gasteiger charge is 2.43. The summed E-state index contributed by atoms with van der Waals surface area (Å²) < 4.78 is 0. The monoisotopic (exact) mass is 228 g/mol. The van der Waals surface area contributed by atoms with Crippen LogP contribution in [0.25, 0.3) is 0 Å². The summed E-state index contributed by atoms with van der Waals surface area (Å²) in [6.07, 6.45) is 4.12. The van der Waals surface area contributed by atoms with Crippen LogP contribution in [0.3, 0.4) is 0 Å². The van der Waals surface area contributed by atoms with E-state index in [1.54, 1.807) is 0 Å². The Bertz CT molecular complexity index is 253. The Labute approximate surface area is 97.0 Å². The maximum absolute atomic E-state index is 11.8. The lowest BCUT2D eigenvalue weighted by atomic mass is 10.0. The molecule has 1 amide bonds. The van der Waals surface area contributed by atoms with E-state index in [4.69, 9.17) is 0 Å². The van der Waals surface area contributed by atoms with E-state index in [0.717, 1.165) is 25.3 Å². The molecule has 0 aromatic rings. The third kappa shape index (κ3) is 2.88. The zero-order chi connectivity index (χ0) is 10.9. The lowest BCUT2D eigenvalue weighted by molar-refractivity contribution is -0.122. The molecule has 2 rings (SSSR count). The van der Waals surface area contributed by atoms with Gasteiger partial charge in [0.1, 0.15) is 0 Å². The van der Waals surface area contributed by atoms with Crippen molar-refractivity contribution in [2.24, 2.45) is 5.41 Å². The van der Waals surface area contributed by atoms with Crippen molar-refractivity contribution >= 4 is 18.5 Å². The van der Waals surface area contributed by atoms with Crippen molar-refractivity contribution in [1.82, 2.24) is 10.2 Å². The SMILES string of the molecule is CN1CCC(NC(=O)CC2(CS)CC2)C1. The molecule has 0 spiro atoms.